The average molecular weight is 219 g/mol. The standard InChI is InChI=1S/C11H11NO.CH2O2/c1-8-4-3-5-10(6-8)11-7-9(2)12-13-11;2-1-3/h3-7H,1-2H3;1H,(H,2,3). The molecule has 1 aromatic carbocycles. The summed E-state index contributed by atoms with van der Waals surface area (Å²) in [5.41, 5.74) is 3.23. The van der Waals surface area contributed by atoms with Crippen LogP contribution in [0.25, 0.3) is 11.3 Å². The van der Waals surface area contributed by atoms with Crippen LogP contribution in [0.1, 0.15) is 11.3 Å². The zero-order valence-electron chi connectivity index (χ0n) is 9.18. The number of nitrogens with zero attached hydrogens (tertiary/aromatic N) is 1. The highest BCUT2D eigenvalue weighted by molar-refractivity contribution is 5.58. The molecule has 0 bridgehead atoms. The Morgan fingerprint density at radius 3 is 2.50 bits per heavy atom. The topological polar surface area (TPSA) is 63.3 Å². The molecule has 0 saturated heterocycles. The van der Waals surface area contributed by atoms with Crippen molar-refractivity contribution in [1.82, 2.24) is 5.16 Å². The first-order valence-corrected chi connectivity index (χ1v) is 4.75. The third-order valence-electron chi connectivity index (χ3n) is 1.93. The van der Waals surface area contributed by atoms with E-state index in [0.717, 1.165) is 17.0 Å². The molecule has 1 heterocycles. The lowest BCUT2D eigenvalue weighted by molar-refractivity contribution is -0.122. The van der Waals surface area contributed by atoms with Crippen molar-refractivity contribution in [2.45, 2.75) is 13.8 Å². The van der Waals surface area contributed by atoms with E-state index in [1.54, 1.807) is 0 Å². The molecule has 4 nitrogen and oxygen atoms in total. The van der Waals surface area contributed by atoms with Gasteiger partial charge in [0.05, 0.1) is 5.69 Å². The molecular weight excluding hydrogens is 206 g/mol. The number of aryl methyl sites for hydroxylation is 2. The summed E-state index contributed by atoms with van der Waals surface area (Å²) in [5.74, 6) is 0.834. The Kier molecular flexibility index (Phi) is 4.27. The van der Waals surface area contributed by atoms with Crippen molar-refractivity contribution in [2.75, 3.05) is 0 Å². The summed E-state index contributed by atoms with van der Waals surface area (Å²) in [6.45, 7) is 3.73. The maximum absolute atomic E-state index is 8.36. The molecule has 4 heteroatoms. The summed E-state index contributed by atoms with van der Waals surface area (Å²) in [4.78, 5) is 8.36. The van der Waals surface area contributed by atoms with Gasteiger partial charge in [0.1, 0.15) is 0 Å². The lowest BCUT2D eigenvalue weighted by Gasteiger charge is -1.95. The number of benzene rings is 1. The molecule has 0 aliphatic rings. The fourth-order valence-electron chi connectivity index (χ4n) is 1.30. The minimum Gasteiger partial charge on any atom is -0.483 e. The van der Waals surface area contributed by atoms with Crippen molar-refractivity contribution in [1.29, 1.82) is 0 Å². The van der Waals surface area contributed by atoms with Crippen molar-refractivity contribution in [3.05, 3.63) is 41.6 Å². The van der Waals surface area contributed by atoms with Crippen LogP contribution in [-0.4, -0.2) is 16.7 Å². The van der Waals surface area contributed by atoms with E-state index < -0.39 is 0 Å². The summed E-state index contributed by atoms with van der Waals surface area (Å²) >= 11 is 0. The van der Waals surface area contributed by atoms with Crippen molar-refractivity contribution in [2.24, 2.45) is 0 Å². The van der Waals surface area contributed by atoms with Crippen LogP contribution in [0.3, 0.4) is 0 Å². The zero-order valence-corrected chi connectivity index (χ0v) is 9.18. The van der Waals surface area contributed by atoms with Crippen molar-refractivity contribution in [3.8, 4) is 11.3 Å². The van der Waals surface area contributed by atoms with Crippen LogP contribution in [0.5, 0.6) is 0 Å². The molecule has 0 spiro atoms. The molecule has 16 heavy (non-hydrogen) atoms. The molecule has 0 radical (unpaired) electrons. The third kappa shape index (κ3) is 3.24. The van der Waals surface area contributed by atoms with Crippen LogP contribution >= 0.6 is 0 Å². The molecular formula is C12H13NO3. The van der Waals surface area contributed by atoms with Gasteiger partial charge in [-0.25, -0.2) is 0 Å². The second kappa shape index (κ2) is 5.70. The first-order chi connectivity index (χ1) is 7.67. The molecule has 0 aliphatic carbocycles. The molecule has 0 aliphatic heterocycles. The summed E-state index contributed by atoms with van der Waals surface area (Å²) in [6.07, 6.45) is 0. The minimum absolute atomic E-state index is 0.250. The van der Waals surface area contributed by atoms with E-state index in [-0.39, 0.29) is 6.47 Å². The highest BCUT2D eigenvalue weighted by atomic mass is 16.5. The van der Waals surface area contributed by atoms with Crippen LogP contribution in [0.2, 0.25) is 0 Å². The highest BCUT2D eigenvalue weighted by Gasteiger charge is 2.02. The molecule has 2 aromatic rings. The molecule has 0 unspecified atom stereocenters. The third-order valence-corrected chi connectivity index (χ3v) is 1.93. The summed E-state index contributed by atoms with van der Waals surface area (Å²) in [5, 5.41) is 10.7. The van der Waals surface area contributed by atoms with Gasteiger partial charge >= 0.3 is 0 Å². The lowest BCUT2D eigenvalue weighted by Crippen LogP contribution is -1.75. The van der Waals surface area contributed by atoms with Gasteiger partial charge in [-0.3, -0.25) is 4.79 Å². The maximum Gasteiger partial charge on any atom is 0.290 e. The Morgan fingerprint density at radius 2 is 2.00 bits per heavy atom. The van der Waals surface area contributed by atoms with E-state index in [0.29, 0.717) is 0 Å². The van der Waals surface area contributed by atoms with Gasteiger partial charge in [0.25, 0.3) is 6.47 Å². The zero-order chi connectivity index (χ0) is 12.0. The first-order valence-electron chi connectivity index (χ1n) is 4.75. The quantitative estimate of drug-likeness (QED) is 0.749. The monoisotopic (exact) mass is 219 g/mol. The van der Waals surface area contributed by atoms with Gasteiger partial charge in [-0.15, -0.1) is 0 Å². The van der Waals surface area contributed by atoms with Crippen LogP contribution < -0.4 is 0 Å². The number of aromatic nitrogens is 1. The van der Waals surface area contributed by atoms with E-state index in [1.165, 1.54) is 5.56 Å². The fraction of sp³-hybridized carbons (Fsp3) is 0.167. The van der Waals surface area contributed by atoms with Gasteiger partial charge in [-0.05, 0) is 19.9 Å². The number of hydrogen-bond donors (Lipinski definition) is 1. The Balaban J connectivity index is 0.000000386. The molecule has 0 fully saturated rings. The average Bonchev–Trinajstić information content (AvgIpc) is 2.66. The second-order valence-electron chi connectivity index (χ2n) is 3.31. The number of carbonyl (C=O) groups is 1. The normalized spacial score (nSPS) is 9.12. The van der Waals surface area contributed by atoms with E-state index in [1.807, 2.05) is 25.1 Å². The van der Waals surface area contributed by atoms with E-state index in [9.17, 15) is 0 Å². The van der Waals surface area contributed by atoms with Crippen LogP contribution in [-0.2, 0) is 4.79 Å². The molecule has 1 N–H and O–H groups in total. The summed E-state index contributed by atoms with van der Waals surface area (Å²) < 4.78 is 5.16. The highest BCUT2D eigenvalue weighted by Crippen LogP contribution is 2.20. The predicted octanol–water partition coefficient (Wildman–Crippen LogP) is 2.66. The van der Waals surface area contributed by atoms with Gasteiger partial charge in [-0.1, -0.05) is 28.9 Å². The van der Waals surface area contributed by atoms with Crippen LogP contribution in [0, 0.1) is 13.8 Å². The number of hydrogen-bond acceptors (Lipinski definition) is 3. The summed E-state index contributed by atoms with van der Waals surface area (Å²) in [6, 6.07) is 10.1. The van der Waals surface area contributed by atoms with Crippen molar-refractivity contribution >= 4 is 6.47 Å². The largest absolute Gasteiger partial charge is 0.483 e. The first kappa shape index (κ1) is 12.0. The van der Waals surface area contributed by atoms with E-state index in [4.69, 9.17) is 14.4 Å². The molecule has 0 saturated carbocycles. The van der Waals surface area contributed by atoms with Gasteiger partial charge in [0.2, 0.25) is 0 Å². The lowest BCUT2D eigenvalue weighted by atomic mass is 10.1. The SMILES string of the molecule is Cc1cccc(-c2cc(C)no2)c1.O=CO. The Hall–Kier alpha value is -2.10. The Bertz CT molecular complexity index is 463. The smallest absolute Gasteiger partial charge is 0.290 e. The van der Waals surface area contributed by atoms with Gasteiger partial charge < -0.3 is 9.63 Å². The van der Waals surface area contributed by atoms with Gasteiger partial charge in [0, 0.05) is 11.6 Å². The predicted molar refractivity (Wildman–Crippen MR) is 60.1 cm³/mol. The van der Waals surface area contributed by atoms with E-state index in [2.05, 4.69) is 24.2 Å². The van der Waals surface area contributed by atoms with Crippen LogP contribution in [0.4, 0.5) is 0 Å². The van der Waals surface area contributed by atoms with Gasteiger partial charge in [-0.2, -0.15) is 0 Å². The van der Waals surface area contributed by atoms with Gasteiger partial charge in [0.15, 0.2) is 5.76 Å². The summed E-state index contributed by atoms with van der Waals surface area (Å²) in [7, 11) is 0. The number of carboxylic acid groups (broad SMARTS) is 1. The maximum atomic E-state index is 8.36. The molecule has 1 aromatic heterocycles. The Morgan fingerprint density at radius 1 is 1.31 bits per heavy atom. The molecule has 0 atom stereocenters. The van der Waals surface area contributed by atoms with E-state index >= 15 is 0 Å². The number of rotatable bonds is 1. The molecule has 2 rings (SSSR count). The van der Waals surface area contributed by atoms with Crippen molar-refractivity contribution < 1.29 is 14.4 Å². The van der Waals surface area contributed by atoms with Crippen molar-refractivity contribution in [3.63, 3.8) is 0 Å². The minimum atomic E-state index is -0.250. The molecule has 0 amide bonds. The van der Waals surface area contributed by atoms with Crippen LogP contribution in [0.15, 0.2) is 34.9 Å². The fourth-order valence-corrected chi connectivity index (χ4v) is 1.30. The second-order valence-corrected chi connectivity index (χ2v) is 3.31. The molecule has 84 valence electrons. The Labute approximate surface area is 93.5 Å².